The van der Waals surface area contributed by atoms with Crippen molar-refractivity contribution in [3.63, 3.8) is 0 Å². The highest BCUT2D eigenvalue weighted by molar-refractivity contribution is 5.94. The molecule has 1 atom stereocenters. The molecule has 1 N–H and O–H groups in total. The fourth-order valence-corrected chi connectivity index (χ4v) is 2.51. The van der Waals surface area contributed by atoms with E-state index in [1.807, 2.05) is 24.3 Å². The van der Waals surface area contributed by atoms with E-state index in [0.29, 0.717) is 11.6 Å². The molecule has 0 amide bonds. The van der Waals surface area contributed by atoms with E-state index in [2.05, 4.69) is 12.0 Å². The van der Waals surface area contributed by atoms with E-state index >= 15 is 0 Å². The van der Waals surface area contributed by atoms with Crippen molar-refractivity contribution in [1.82, 2.24) is 9.78 Å². The van der Waals surface area contributed by atoms with Gasteiger partial charge in [-0.05, 0) is 49.9 Å². The number of aromatic nitrogens is 2. The zero-order valence-corrected chi connectivity index (χ0v) is 12.1. The lowest BCUT2D eigenvalue weighted by atomic mass is 10.1. The van der Waals surface area contributed by atoms with Crippen LogP contribution in [-0.2, 0) is 0 Å². The molecule has 0 aliphatic heterocycles. The van der Waals surface area contributed by atoms with Gasteiger partial charge < -0.3 is 9.84 Å². The van der Waals surface area contributed by atoms with E-state index in [1.165, 1.54) is 12.8 Å². The molecule has 1 aliphatic rings. The molecule has 1 aliphatic carbocycles. The molecule has 3 rings (SSSR count). The first-order chi connectivity index (χ1) is 10.1. The Bertz CT molecular complexity index is 657. The van der Waals surface area contributed by atoms with Gasteiger partial charge >= 0.3 is 5.97 Å². The van der Waals surface area contributed by atoms with Crippen molar-refractivity contribution in [2.24, 2.45) is 5.92 Å². The monoisotopic (exact) mass is 286 g/mol. The van der Waals surface area contributed by atoms with Crippen LogP contribution in [0.25, 0.3) is 11.3 Å². The quantitative estimate of drug-likeness (QED) is 0.916. The molecule has 0 saturated heterocycles. The van der Waals surface area contributed by atoms with Crippen LogP contribution in [0.3, 0.4) is 0 Å². The molecule has 5 nitrogen and oxygen atoms in total. The molecule has 21 heavy (non-hydrogen) atoms. The lowest BCUT2D eigenvalue weighted by Gasteiger charge is -2.09. The molecular weight excluding hydrogens is 268 g/mol. The standard InChI is InChI=1S/C16H18N2O3/c1-10(11-3-4-11)18-9-14(16(19)20)15(17-18)12-5-7-13(21-2)8-6-12/h5-11H,3-4H2,1-2H3,(H,19,20). The summed E-state index contributed by atoms with van der Waals surface area (Å²) in [5, 5.41) is 13.9. The summed E-state index contributed by atoms with van der Waals surface area (Å²) in [6.45, 7) is 2.09. The van der Waals surface area contributed by atoms with Crippen LogP contribution < -0.4 is 4.74 Å². The minimum atomic E-state index is -0.949. The maximum Gasteiger partial charge on any atom is 0.339 e. The van der Waals surface area contributed by atoms with E-state index < -0.39 is 5.97 Å². The van der Waals surface area contributed by atoms with Gasteiger partial charge in [0.05, 0.1) is 13.2 Å². The van der Waals surface area contributed by atoms with E-state index in [4.69, 9.17) is 4.74 Å². The zero-order chi connectivity index (χ0) is 15.0. The molecule has 2 aromatic rings. The fourth-order valence-electron chi connectivity index (χ4n) is 2.51. The number of rotatable bonds is 5. The second-order valence-electron chi connectivity index (χ2n) is 5.48. The number of carbonyl (C=O) groups is 1. The summed E-state index contributed by atoms with van der Waals surface area (Å²) in [5.74, 6) is 0.409. The Morgan fingerprint density at radius 2 is 2.05 bits per heavy atom. The largest absolute Gasteiger partial charge is 0.497 e. The van der Waals surface area contributed by atoms with Crippen LogP contribution in [0.15, 0.2) is 30.5 Å². The van der Waals surface area contributed by atoms with Gasteiger partial charge in [-0.2, -0.15) is 5.10 Å². The van der Waals surface area contributed by atoms with Crippen molar-refractivity contribution in [3.8, 4) is 17.0 Å². The normalized spacial score (nSPS) is 15.7. The summed E-state index contributed by atoms with van der Waals surface area (Å²) in [7, 11) is 1.60. The average molecular weight is 286 g/mol. The zero-order valence-electron chi connectivity index (χ0n) is 12.1. The number of carboxylic acids is 1. The SMILES string of the molecule is COc1ccc(-c2nn(C(C)C3CC3)cc2C(=O)O)cc1. The van der Waals surface area contributed by atoms with Crippen LogP contribution in [0.5, 0.6) is 5.75 Å². The van der Waals surface area contributed by atoms with Crippen molar-refractivity contribution in [2.75, 3.05) is 7.11 Å². The Morgan fingerprint density at radius 1 is 1.38 bits per heavy atom. The summed E-state index contributed by atoms with van der Waals surface area (Å²) in [6.07, 6.45) is 4.04. The number of benzene rings is 1. The first kappa shape index (κ1) is 13.7. The summed E-state index contributed by atoms with van der Waals surface area (Å²) >= 11 is 0. The van der Waals surface area contributed by atoms with Crippen molar-refractivity contribution in [2.45, 2.75) is 25.8 Å². The Labute approximate surface area is 123 Å². The molecule has 1 fully saturated rings. The predicted octanol–water partition coefficient (Wildman–Crippen LogP) is 3.23. The van der Waals surface area contributed by atoms with E-state index in [-0.39, 0.29) is 11.6 Å². The lowest BCUT2D eigenvalue weighted by molar-refractivity contribution is 0.0697. The van der Waals surface area contributed by atoms with E-state index in [0.717, 1.165) is 11.3 Å². The third-order valence-electron chi connectivity index (χ3n) is 4.05. The minimum Gasteiger partial charge on any atom is -0.497 e. The van der Waals surface area contributed by atoms with Gasteiger partial charge in [0.15, 0.2) is 0 Å². The smallest absolute Gasteiger partial charge is 0.339 e. The Balaban J connectivity index is 2.00. The van der Waals surface area contributed by atoms with Crippen molar-refractivity contribution >= 4 is 5.97 Å². The van der Waals surface area contributed by atoms with Gasteiger partial charge in [-0.15, -0.1) is 0 Å². The van der Waals surface area contributed by atoms with Crippen LogP contribution in [0.4, 0.5) is 0 Å². The molecule has 1 heterocycles. The number of hydrogen-bond acceptors (Lipinski definition) is 3. The van der Waals surface area contributed by atoms with E-state index in [1.54, 1.807) is 18.0 Å². The predicted molar refractivity (Wildman–Crippen MR) is 78.6 cm³/mol. The minimum absolute atomic E-state index is 0.243. The maximum absolute atomic E-state index is 11.5. The molecule has 1 aromatic carbocycles. The van der Waals surface area contributed by atoms with Gasteiger partial charge in [-0.3, -0.25) is 4.68 Å². The van der Waals surface area contributed by atoms with Crippen LogP contribution in [0.2, 0.25) is 0 Å². The number of hydrogen-bond donors (Lipinski definition) is 1. The number of ether oxygens (including phenoxy) is 1. The molecule has 1 unspecified atom stereocenters. The van der Waals surface area contributed by atoms with Crippen LogP contribution >= 0.6 is 0 Å². The van der Waals surface area contributed by atoms with Crippen LogP contribution in [0, 0.1) is 5.92 Å². The highest BCUT2D eigenvalue weighted by Crippen LogP contribution is 2.39. The van der Waals surface area contributed by atoms with Gasteiger partial charge in [-0.25, -0.2) is 4.79 Å². The summed E-state index contributed by atoms with van der Waals surface area (Å²) < 4.78 is 6.92. The highest BCUT2D eigenvalue weighted by Gasteiger charge is 2.31. The second-order valence-corrected chi connectivity index (χ2v) is 5.48. The first-order valence-corrected chi connectivity index (χ1v) is 7.07. The topological polar surface area (TPSA) is 64.4 Å². The molecule has 1 aromatic heterocycles. The Morgan fingerprint density at radius 3 is 2.57 bits per heavy atom. The van der Waals surface area contributed by atoms with Crippen molar-refractivity contribution in [3.05, 3.63) is 36.0 Å². The summed E-state index contributed by atoms with van der Waals surface area (Å²) in [6, 6.07) is 7.53. The van der Waals surface area contributed by atoms with Gasteiger partial charge in [-0.1, -0.05) is 0 Å². The molecule has 5 heteroatoms. The molecular formula is C16H18N2O3. The number of carboxylic acid groups (broad SMARTS) is 1. The highest BCUT2D eigenvalue weighted by atomic mass is 16.5. The van der Waals surface area contributed by atoms with Crippen molar-refractivity contribution in [1.29, 1.82) is 0 Å². The first-order valence-electron chi connectivity index (χ1n) is 7.07. The average Bonchev–Trinajstić information content (AvgIpc) is 3.24. The molecule has 0 radical (unpaired) electrons. The lowest BCUT2D eigenvalue weighted by Crippen LogP contribution is -2.07. The Hall–Kier alpha value is -2.30. The van der Waals surface area contributed by atoms with Gasteiger partial charge in [0.25, 0.3) is 0 Å². The van der Waals surface area contributed by atoms with Crippen LogP contribution in [0.1, 0.15) is 36.2 Å². The fraction of sp³-hybridized carbons (Fsp3) is 0.375. The second kappa shape index (κ2) is 5.24. The number of methoxy groups -OCH3 is 1. The number of aromatic carboxylic acids is 1. The maximum atomic E-state index is 11.5. The third-order valence-corrected chi connectivity index (χ3v) is 4.05. The Kier molecular flexibility index (Phi) is 3.41. The van der Waals surface area contributed by atoms with Gasteiger partial charge in [0.1, 0.15) is 17.0 Å². The van der Waals surface area contributed by atoms with E-state index in [9.17, 15) is 9.90 Å². The summed E-state index contributed by atoms with van der Waals surface area (Å²) in [4.78, 5) is 11.5. The van der Waals surface area contributed by atoms with Crippen LogP contribution in [-0.4, -0.2) is 28.0 Å². The molecule has 1 saturated carbocycles. The van der Waals surface area contributed by atoms with Crippen molar-refractivity contribution < 1.29 is 14.6 Å². The molecule has 110 valence electrons. The third kappa shape index (κ3) is 2.63. The van der Waals surface area contributed by atoms with Gasteiger partial charge in [0.2, 0.25) is 0 Å². The van der Waals surface area contributed by atoms with Gasteiger partial charge in [0, 0.05) is 11.8 Å². The number of nitrogens with zero attached hydrogens (tertiary/aromatic N) is 2. The molecule has 0 spiro atoms. The summed E-state index contributed by atoms with van der Waals surface area (Å²) in [5.41, 5.74) is 1.54. The molecule has 0 bridgehead atoms.